The summed E-state index contributed by atoms with van der Waals surface area (Å²) in [7, 11) is 3.26. The Morgan fingerprint density at radius 2 is 2.15 bits per heavy atom. The quantitative estimate of drug-likeness (QED) is 0.653. The molecular formula is C14H16N4O2. The molecule has 2 aromatic rings. The number of hydrogen-bond acceptors (Lipinski definition) is 5. The summed E-state index contributed by atoms with van der Waals surface area (Å²) in [6.45, 7) is 0. The minimum atomic E-state index is -0.227. The second-order valence-corrected chi connectivity index (χ2v) is 4.14. The Morgan fingerprint density at radius 3 is 2.85 bits per heavy atom. The molecule has 3 N–H and O–H groups in total. The standard InChI is InChI=1S/C14H16N4O2/c1-18(11-4-3-5-12(9-11)20-2)14(19)13-8-10(17-15)6-7-16-13/h3-9H,15H2,1-2H3,(H,16,17). The lowest BCUT2D eigenvalue weighted by atomic mass is 10.2. The van der Waals surface area contributed by atoms with E-state index in [0.717, 1.165) is 5.69 Å². The summed E-state index contributed by atoms with van der Waals surface area (Å²) in [6.07, 6.45) is 1.53. The van der Waals surface area contributed by atoms with Gasteiger partial charge in [-0.15, -0.1) is 0 Å². The van der Waals surface area contributed by atoms with Crippen molar-refractivity contribution >= 4 is 17.3 Å². The van der Waals surface area contributed by atoms with E-state index in [1.54, 1.807) is 32.4 Å². The Labute approximate surface area is 117 Å². The van der Waals surface area contributed by atoms with Crippen molar-refractivity contribution in [3.8, 4) is 5.75 Å². The third-order valence-electron chi connectivity index (χ3n) is 2.89. The van der Waals surface area contributed by atoms with E-state index in [4.69, 9.17) is 10.6 Å². The van der Waals surface area contributed by atoms with Crippen molar-refractivity contribution in [2.45, 2.75) is 0 Å². The van der Waals surface area contributed by atoms with Crippen molar-refractivity contribution in [1.29, 1.82) is 0 Å². The van der Waals surface area contributed by atoms with E-state index in [2.05, 4.69) is 10.4 Å². The predicted molar refractivity (Wildman–Crippen MR) is 77.8 cm³/mol. The summed E-state index contributed by atoms with van der Waals surface area (Å²) in [5, 5.41) is 0. The molecule has 1 amide bonds. The van der Waals surface area contributed by atoms with Gasteiger partial charge in [-0.05, 0) is 24.3 Å². The molecule has 0 saturated carbocycles. The third kappa shape index (κ3) is 2.86. The van der Waals surface area contributed by atoms with E-state index < -0.39 is 0 Å². The molecule has 6 nitrogen and oxygen atoms in total. The number of nitrogens with one attached hydrogen (secondary N) is 1. The van der Waals surface area contributed by atoms with Crippen LogP contribution in [0.2, 0.25) is 0 Å². The highest BCUT2D eigenvalue weighted by Crippen LogP contribution is 2.21. The first-order valence-corrected chi connectivity index (χ1v) is 6.00. The highest BCUT2D eigenvalue weighted by atomic mass is 16.5. The molecule has 104 valence electrons. The number of carbonyl (C=O) groups is 1. The summed E-state index contributed by atoms with van der Waals surface area (Å²) >= 11 is 0. The second kappa shape index (κ2) is 6.03. The fourth-order valence-electron chi connectivity index (χ4n) is 1.75. The summed E-state index contributed by atoms with van der Waals surface area (Å²) < 4.78 is 5.15. The number of methoxy groups -OCH3 is 1. The zero-order valence-corrected chi connectivity index (χ0v) is 11.3. The molecule has 0 aliphatic rings. The molecule has 0 radical (unpaired) electrons. The van der Waals surface area contributed by atoms with Gasteiger partial charge >= 0.3 is 0 Å². The van der Waals surface area contributed by atoms with Crippen LogP contribution in [0.1, 0.15) is 10.5 Å². The lowest BCUT2D eigenvalue weighted by Gasteiger charge is -2.17. The minimum Gasteiger partial charge on any atom is -0.497 e. The van der Waals surface area contributed by atoms with Gasteiger partial charge in [0.15, 0.2) is 0 Å². The Hall–Kier alpha value is -2.60. The number of aromatic nitrogens is 1. The number of amides is 1. The summed E-state index contributed by atoms with van der Waals surface area (Å²) in [6, 6.07) is 10.5. The number of rotatable bonds is 4. The first-order chi connectivity index (χ1) is 9.65. The van der Waals surface area contributed by atoms with Gasteiger partial charge < -0.3 is 15.1 Å². The van der Waals surface area contributed by atoms with Gasteiger partial charge in [-0.25, -0.2) is 0 Å². The average Bonchev–Trinajstić information content (AvgIpc) is 2.53. The van der Waals surface area contributed by atoms with E-state index in [1.807, 2.05) is 18.2 Å². The Kier molecular flexibility index (Phi) is 4.17. The van der Waals surface area contributed by atoms with Gasteiger partial charge in [0.05, 0.1) is 12.8 Å². The minimum absolute atomic E-state index is 0.227. The smallest absolute Gasteiger partial charge is 0.276 e. The Balaban J connectivity index is 2.27. The average molecular weight is 272 g/mol. The van der Waals surface area contributed by atoms with Gasteiger partial charge in [0.25, 0.3) is 5.91 Å². The molecule has 0 unspecified atom stereocenters. The van der Waals surface area contributed by atoms with Crippen LogP contribution in [0.15, 0.2) is 42.6 Å². The zero-order valence-electron chi connectivity index (χ0n) is 11.3. The number of hydrazine groups is 1. The van der Waals surface area contributed by atoms with E-state index in [-0.39, 0.29) is 5.91 Å². The fraction of sp³-hybridized carbons (Fsp3) is 0.143. The number of hydrogen-bond donors (Lipinski definition) is 2. The highest BCUT2D eigenvalue weighted by molar-refractivity contribution is 6.04. The molecule has 20 heavy (non-hydrogen) atoms. The SMILES string of the molecule is COc1cccc(N(C)C(=O)c2cc(NN)ccn2)c1. The predicted octanol–water partition coefficient (Wildman–Crippen LogP) is 1.65. The maximum atomic E-state index is 12.4. The summed E-state index contributed by atoms with van der Waals surface area (Å²) in [5.74, 6) is 5.79. The highest BCUT2D eigenvalue weighted by Gasteiger charge is 2.15. The molecule has 0 aliphatic carbocycles. The number of nitrogens with zero attached hydrogens (tertiary/aromatic N) is 2. The van der Waals surface area contributed by atoms with Gasteiger partial charge in [0.2, 0.25) is 0 Å². The summed E-state index contributed by atoms with van der Waals surface area (Å²) in [5.41, 5.74) is 4.15. The van der Waals surface area contributed by atoms with Crippen LogP contribution in [0.5, 0.6) is 5.75 Å². The molecule has 0 atom stereocenters. The number of anilines is 2. The molecule has 2 rings (SSSR count). The molecule has 0 spiro atoms. The Bertz CT molecular complexity index is 616. The van der Waals surface area contributed by atoms with Crippen LogP contribution in [0.25, 0.3) is 0 Å². The molecule has 0 aliphatic heterocycles. The molecule has 6 heteroatoms. The van der Waals surface area contributed by atoms with Gasteiger partial charge in [0, 0.05) is 25.0 Å². The van der Waals surface area contributed by atoms with E-state index in [9.17, 15) is 4.79 Å². The largest absolute Gasteiger partial charge is 0.497 e. The lowest BCUT2D eigenvalue weighted by Crippen LogP contribution is -2.27. The van der Waals surface area contributed by atoms with Gasteiger partial charge in [0.1, 0.15) is 11.4 Å². The van der Waals surface area contributed by atoms with Gasteiger partial charge in [-0.2, -0.15) is 0 Å². The maximum absolute atomic E-state index is 12.4. The van der Waals surface area contributed by atoms with Crippen LogP contribution >= 0.6 is 0 Å². The van der Waals surface area contributed by atoms with Crippen LogP contribution < -0.4 is 20.9 Å². The van der Waals surface area contributed by atoms with Gasteiger partial charge in [-0.1, -0.05) is 6.07 Å². The van der Waals surface area contributed by atoms with Crippen molar-refractivity contribution in [3.05, 3.63) is 48.3 Å². The molecule has 1 aromatic heterocycles. The second-order valence-electron chi connectivity index (χ2n) is 4.14. The molecule has 0 bridgehead atoms. The maximum Gasteiger partial charge on any atom is 0.276 e. The Morgan fingerprint density at radius 1 is 1.35 bits per heavy atom. The molecule has 1 heterocycles. The number of benzene rings is 1. The monoisotopic (exact) mass is 272 g/mol. The number of ether oxygens (including phenoxy) is 1. The van der Waals surface area contributed by atoms with Crippen molar-refractivity contribution < 1.29 is 9.53 Å². The number of carbonyl (C=O) groups excluding carboxylic acids is 1. The fourth-order valence-corrected chi connectivity index (χ4v) is 1.75. The zero-order chi connectivity index (χ0) is 14.5. The normalized spacial score (nSPS) is 9.95. The van der Waals surface area contributed by atoms with E-state index in [0.29, 0.717) is 17.1 Å². The lowest BCUT2D eigenvalue weighted by molar-refractivity contribution is 0.0988. The van der Waals surface area contributed by atoms with Crippen LogP contribution in [0, 0.1) is 0 Å². The van der Waals surface area contributed by atoms with Crippen LogP contribution in [-0.4, -0.2) is 25.0 Å². The van der Waals surface area contributed by atoms with Crippen LogP contribution in [-0.2, 0) is 0 Å². The molecule has 0 fully saturated rings. The molecule has 1 aromatic carbocycles. The summed E-state index contributed by atoms with van der Waals surface area (Å²) in [4.78, 5) is 17.9. The third-order valence-corrected chi connectivity index (χ3v) is 2.89. The van der Waals surface area contributed by atoms with Crippen molar-refractivity contribution in [1.82, 2.24) is 4.98 Å². The first-order valence-electron chi connectivity index (χ1n) is 6.00. The first kappa shape index (κ1) is 13.8. The van der Waals surface area contributed by atoms with Crippen molar-refractivity contribution in [2.75, 3.05) is 24.5 Å². The topological polar surface area (TPSA) is 80.5 Å². The number of pyridine rings is 1. The number of nitrogen functional groups attached to an aromatic ring is 1. The van der Waals surface area contributed by atoms with Crippen molar-refractivity contribution in [2.24, 2.45) is 5.84 Å². The van der Waals surface area contributed by atoms with E-state index in [1.165, 1.54) is 11.1 Å². The molecule has 0 saturated heterocycles. The van der Waals surface area contributed by atoms with Crippen LogP contribution in [0.3, 0.4) is 0 Å². The molecular weight excluding hydrogens is 256 g/mol. The van der Waals surface area contributed by atoms with Crippen LogP contribution in [0.4, 0.5) is 11.4 Å². The van der Waals surface area contributed by atoms with Gasteiger partial charge in [-0.3, -0.25) is 15.6 Å². The number of nitrogens with two attached hydrogens (primary N) is 1. The van der Waals surface area contributed by atoms with E-state index >= 15 is 0 Å². The van der Waals surface area contributed by atoms with Crippen molar-refractivity contribution in [3.63, 3.8) is 0 Å².